The van der Waals surface area contributed by atoms with E-state index in [0.29, 0.717) is 68.7 Å². The van der Waals surface area contributed by atoms with Crippen molar-refractivity contribution in [2.24, 2.45) is 0 Å². The number of rotatable bonds is 12. The van der Waals surface area contributed by atoms with Gasteiger partial charge in [0.05, 0.1) is 83.3 Å². The minimum absolute atomic E-state index is 0.424. The molecule has 0 bridgehead atoms. The number of hydrogen-bond acceptors (Lipinski definition) is 9. The van der Waals surface area contributed by atoms with E-state index in [2.05, 4.69) is 282 Å². The van der Waals surface area contributed by atoms with E-state index in [9.17, 15) is 15.8 Å². The average molecular weight is 1760 g/mol. The molecule has 0 radical (unpaired) electrons. The second kappa shape index (κ2) is 33.7. The fourth-order valence-corrected chi connectivity index (χ4v) is 20.4. The molecule has 27 rings (SSSR count). The molecule has 15 nitrogen and oxygen atoms in total. The zero-order valence-electron chi connectivity index (χ0n) is 74.0. The molecule has 0 unspecified atom stereocenters. The van der Waals surface area contributed by atoms with Gasteiger partial charge in [-0.15, -0.1) is 0 Å². The fraction of sp³-hybridized carbons (Fsp3) is 0. The molecule has 27 aromatic rings. The average Bonchev–Trinajstić information content (AvgIpc) is 1.54. The first kappa shape index (κ1) is 80.5. The quantitative estimate of drug-likeness (QED) is 0.115. The van der Waals surface area contributed by atoms with E-state index in [-0.39, 0.29) is 0 Å². The first-order chi connectivity index (χ1) is 68.4. The minimum Gasteiger partial charge on any atom is -0.309 e. The molecule has 0 aliphatic rings. The van der Waals surface area contributed by atoms with E-state index in [1.54, 1.807) is 0 Å². The van der Waals surface area contributed by atoms with Crippen molar-refractivity contribution in [1.82, 2.24) is 57.3 Å². The summed E-state index contributed by atoms with van der Waals surface area (Å²) in [7, 11) is 0. The summed E-state index contributed by atoms with van der Waals surface area (Å²) < 4.78 is 13.5. The predicted octanol–water partition coefficient (Wildman–Crippen LogP) is 29.6. The molecule has 15 heteroatoms. The van der Waals surface area contributed by atoms with E-state index in [0.717, 1.165) is 165 Å². The Morgan fingerprint density at radius 2 is 0.413 bits per heavy atom. The molecule has 0 aliphatic carbocycles. The maximum Gasteiger partial charge on any atom is 0.162 e. The lowest BCUT2D eigenvalue weighted by molar-refractivity contribution is 1.03. The zero-order chi connectivity index (χ0) is 91.8. The lowest BCUT2D eigenvalue weighted by Crippen LogP contribution is -2.07. The lowest BCUT2D eigenvalue weighted by Gasteiger charge is -2.16. The van der Waals surface area contributed by atoms with Gasteiger partial charge in [0, 0.05) is 115 Å². The van der Waals surface area contributed by atoms with E-state index >= 15 is 0 Å². The van der Waals surface area contributed by atoms with Crippen LogP contribution in [0, 0.1) is 34.0 Å². The summed E-state index contributed by atoms with van der Waals surface area (Å²) in [4.78, 5) is 30.7. The third-order valence-corrected chi connectivity index (χ3v) is 26.3. The van der Waals surface area contributed by atoms with Crippen molar-refractivity contribution in [3.05, 3.63) is 472 Å². The molecular formula is C123H75N15. The summed E-state index contributed by atoms with van der Waals surface area (Å²) in [6.45, 7) is 0. The first-order valence-electron chi connectivity index (χ1n) is 45.8. The highest BCUT2D eigenvalue weighted by molar-refractivity contribution is 6.28. The van der Waals surface area contributed by atoms with Crippen LogP contribution < -0.4 is 0 Å². The Hall–Kier alpha value is -19.5. The molecule has 0 fully saturated rings. The van der Waals surface area contributed by atoms with Crippen molar-refractivity contribution >= 4 is 131 Å². The van der Waals surface area contributed by atoms with Crippen LogP contribution in [0.15, 0.2) is 455 Å². The van der Waals surface area contributed by atoms with Gasteiger partial charge in [0.1, 0.15) is 34.9 Å². The van der Waals surface area contributed by atoms with Crippen LogP contribution in [-0.2, 0) is 0 Å². The fourth-order valence-electron chi connectivity index (χ4n) is 20.4. The number of benzene rings is 18. The molecular weight excluding hydrogens is 1690 g/mol. The van der Waals surface area contributed by atoms with Crippen LogP contribution in [0.5, 0.6) is 0 Å². The smallest absolute Gasteiger partial charge is 0.162 e. The van der Waals surface area contributed by atoms with Crippen LogP contribution in [0.2, 0.25) is 0 Å². The molecule has 0 aliphatic heterocycles. The molecule has 0 N–H and O–H groups in total. The molecule has 0 saturated carbocycles. The van der Waals surface area contributed by atoms with Gasteiger partial charge in [-0.25, -0.2) is 29.9 Å². The summed E-state index contributed by atoms with van der Waals surface area (Å²) in [5.74, 6) is 3.37. The van der Waals surface area contributed by atoms with Crippen LogP contribution in [0.3, 0.4) is 0 Å². The molecule has 9 aromatic heterocycles. The second-order valence-corrected chi connectivity index (χ2v) is 34.0. The van der Waals surface area contributed by atoms with E-state index < -0.39 is 0 Å². The van der Waals surface area contributed by atoms with Gasteiger partial charge in [-0.1, -0.05) is 364 Å². The summed E-state index contributed by atoms with van der Waals surface area (Å²) in [6.07, 6.45) is 0. The summed E-state index contributed by atoms with van der Waals surface area (Å²) >= 11 is 0. The number of para-hydroxylation sites is 9. The Labute approximate surface area is 791 Å². The van der Waals surface area contributed by atoms with Crippen LogP contribution in [-0.4, -0.2) is 57.3 Å². The first-order valence-corrected chi connectivity index (χ1v) is 45.8. The molecule has 9 heterocycles. The monoisotopic (exact) mass is 1760 g/mol. The second-order valence-electron chi connectivity index (χ2n) is 34.0. The van der Waals surface area contributed by atoms with Gasteiger partial charge in [-0.2, -0.15) is 15.8 Å². The van der Waals surface area contributed by atoms with Gasteiger partial charge in [0.25, 0.3) is 0 Å². The predicted molar refractivity (Wildman–Crippen MR) is 559 cm³/mol. The zero-order valence-corrected chi connectivity index (χ0v) is 74.0. The van der Waals surface area contributed by atoms with Gasteiger partial charge in [-0.3, -0.25) is 13.7 Å². The Morgan fingerprint density at radius 1 is 0.167 bits per heavy atom. The molecule has 0 amide bonds. The molecule has 18 aromatic carbocycles. The van der Waals surface area contributed by atoms with Crippen LogP contribution in [0.25, 0.3) is 233 Å². The molecule has 0 spiro atoms. The maximum atomic E-state index is 10.9. The van der Waals surface area contributed by atoms with Gasteiger partial charge in [0.2, 0.25) is 0 Å². The normalized spacial score (nSPS) is 11.5. The van der Waals surface area contributed by atoms with Gasteiger partial charge in [-0.05, 0) is 91.0 Å². The van der Waals surface area contributed by atoms with E-state index in [4.69, 9.17) is 29.9 Å². The van der Waals surface area contributed by atoms with Crippen molar-refractivity contribution < 1.29 is 0 Å². The third kappa shape index (κ3) is 13.2. The molecule has 0 atom stereocenters. The number of fused-ring (bicyclic) bond motifs is 20. The van der Waals surface area contributed by atoms with Crippen molar-refractivity contribution in [3.63, 3.8) is 0 Å². The van der Waals surface area contributed by atoms with Gasteiger partial charge >= 0.3 is 0 Å². The van der Waals surface area contributed by atoms with Crippen molar-refractivity contribution in [2.75, 3.05) is 0 Å². The highest BCUT2D eigenvalue weighted by Crippen LogP contribution is 2.48. The molecule has 642 valence electrons. The van der Waals surface area contributed by atoms with Crippen LogP contribution >= 0.6 is 0 Å². The number of aromatic nitrogens is 12. The third-order valence-electron chi connectivity index (χ3n) is 26.3. The van der Waals surface area contributed by atoms with Crippen molar-refractivity contribution in [1.29, 1.82) is 15.8 Å². The Bertz CT molecular complexity index is 9590. The minimum atomic E-state index is 0.424. The van der Waals surface area contributed by atoms with Gasteiger partial charge in [0.15, 0.2) is 34.9 Å². The van der Waals surface area contributed by atoms with Crippen LogP contribution in [0.4, 0.5) is 0 Å². The summed E-state index contributed by atoms with van der Waals surface area (Å²) in [6, 6.07) is 163. The van der Waals surface area contributed by atoms with Gasteiger partial charge < -0.3 is 13.7 Å². The number of hydrogen-bond donors (Lipinski definition) is 0. The highest BCUT2D eigenvalue weighted by Gasteiger charge is 2.31. The molecule has 138 heavy (non-hydrogen) atoms. The summed E-state index contributed by atoms with van der Waals surface area (Å²) in [5, 5.41) is 46.0. The van der Waals surface area contributed by atoms with E-state index in [1.165, 1.54) is 16.2 Å². The highest BCUT2D eigenvalue weighted by atomic mass is 15.1. The van der Waals surface area contributed by atoms with Crippen LogP contribution in [0.1, 0.15) is 16.7 Å². The number of nitrogens with zero attached hydrogens (tertiary/aromatic N) is 15. The Balaban J connectivity index is 0.000000110. The molecule has 0 saturated heterocycles. The van der Waals surface area contributed by atoms with E-state index in [1.807, 2.05) is 218 Å². The lowest BCUT2D eigenvalue weighted by atomic mass is 10.1. The summed E-state index contributed by atoms with van der Waals surface area (Å²) in [5.41, 5.74) is 24.1. The van der Waals surface area contributed by atoms with Crippen molar-refractivity contribution in [3.8, 4) is 121 Å². The SMILES string of the molecule is N#Cc1c(-c2ccccc2)nc(-c2ccccc2)nc1-n1c2ccccc2c2cc3c4ccccc4n(-c4ccccc4)c3cc21.N#Cc1c(-c2ccccc2)nc(-c2ccccc2)nc1-n1c2ccccc2c2ccc3c(c4ccccc4n3-c3ccccc3)c21.N#Cc1c(-c2ccccc2)nc(-c2ccccc2)nc1-n1c2ccccc2c2ccc3c4ccccc4n(-c4ccccc4)c3c21. The standard InChI is InChI=1S/3C41H25N5/c42-26-34-39(27-14-4-1-5-15-27)43-40(28-16-6-2-7-17-28)44-41(34)46-36-23-13-11-21-31(36)33-24-32-30-20-10-12-22-35(30)45(37(32)25-38(33)46)29-18-8-3-9-19-29;42-26-33-38(27-14-4-1-5-15-27)43-40(28-16-6-2-7-17-28)44-41(33)46-34-22-12-10-20-30(34)31-24-25-36-37(39(31)46)32-21-11-13-23-35(32)45(36)29-18-8-3-9-19-29;42-26-34-37(27-14-4-1-5-15-27)43-40(28-16-6-2-7-17-28)44-41(34)46-36-23-13-11-21-31(36)33-25-24-32-30-20-10-12-22-35(30)45(38(32)39(33)46)29-18-8-3-9-19-29/h3*1-25H. The maximum absolute atomic E-state index is 10.9. The largest absolute Gasteiger partial charge is 0.309 e. The Kier molecular flexibility index (Phi) is 19.7. The van der Waals surface area contributed by atoms with Crippen molar-refractivity contribution in [2.45, 2.75) is 0 Å². The number of nitriles is 3. The Morgan fingerprint density at radius 3 is 0.783 bits per heavy atom. The topological polar surface area (TPSA) is 178 Å².